The first-order valence-electron chi connectivity index (χ1n) is 11.7. The van der Waals surface area contributed by atoms with Crippen LogP contribution in [0.4, 0.5) is 0 Å². The summed E-state index contributed by atoms with van der Waals surface area (Å²) in [7, 11) is 1.71. The molecule has 0 bridgehead atoms. The Bertz CT molecular complexity index is 1190. The second-order valence-corrected chi connectivity index (χ2v) is 10.9. The Morgan fingerprint density at radius 1 is 1.16 bits per heavy atom. The van der Waals surface area contributed by atoms with E-state index < -0.39 is 5.60 Å². The molecule has 5 heteroatoms. The van der Waals surface area contributed by atoms with Crippen molar-refractivity contribution in [2.45, 2.75) is 43.1 Å². The van der Waals surface area contributed by atoms with E-state index in [-0.39, 0.29) is 5.41 Å². The van der Waals surface area contributed by atoms with Gasteiger partial charge in [-0.1, -0.05) is 34.1 Å². The van der Waals surface area contributed by atoms with Gasteiger partial charge >= 0.3 is 0 Å². The number of halogens is 1. The first-order valence-corrected chi connectivity index (χ1v) is 12.5. The first-order chi connectivity index (χ1) is 15.5. The van der Waals surface area contributed by atoms with Crippen LogP contribution in [0, 0.1) is 5.92 Å². The summed E-state index contributed by atoms with van der Waals surface area (Å²) in [6.45, 7) is 2.85. The molecule has 2 aliphatic carbocycles. The zero-order valence-electron chi connectivity index (χ0n) is 18.5. The van der Waals surface area contributed by atoms with Gasteiger partial charge in [0.05, 0.1) is 18.2 Å². The van der Waals surface area contributed by atoms with Crippen LogP contribution < -0.4 is 4.74 Å². The molecule has 166 valence electrons. The largest absolute Gasteiger partial charge is 0.497 e. The van der Waals surface area contributed by atoms with Crippen molar-refractivity contribution in [3.63, 3.8) is 0 Å². The number of nitrogens with zero attached hydrogens (tertiary/aromatic N) is 2. The average molecular weight is 493 g/mol. The Morgan fingerprint density at radius 3 is 2.81 bits per heavy atom. The Kier molecular flexibility index (Phi) is 4.87. The van der Waals surface area contributed by atoms with Crippen molar-refractivity contribution in [2.75, 3.05) is 26.7 Å². The predicted molar refractivity (Wildman–Crippen MR) is 130 cm³/mol. The predicted octanol–water partition coefficient (Wildman–Crippen LogP) is 4.89. The third-order valence-electron chi connectivity index (χ3n) is 7.99. The van der Waals surface area contributed by atoms with Gasteiger partial charge in [0.2, 0.25) is 0 Å². The summed E-state index contributed by atoms with van der Waals surface area (Å²) in [5.41, 5.74) is 3.29. The van der Waals surface area contributed by atoms with Crippen molar-refractivity contribution in [2.24, 2.45) is 5.92 Å². The fourth-order valence-corrected chi connectivity index (χ4v) is 6.54. The number of piperidine rings is 1. The summed E-state index contributed by atoms with van der Waals surface area (Å²) in [5.74, 6) is 1.67. The van der Waals surface area contributed by atoms with E-state index in [4.69, 9.17) is 9.72 Å². The maximum Gasteiger partial charge on any atom is 0.119 e. The van der Waals surface area contributed by atoms with Gasteiger partial charge in [-0.25, -0.2) is 0 Å². The molecule has 4 nitrogen and oxygen atoms in total. The number of β-amino-alcohol motifs (C(OH)–C–C–N with tert-alkyl or cyclic N) is 1. The van der Waals surface area contributed by atoms with Gasteiger partial charge in [0.1, 0.15) is 5.75 Å². The molecule has 1 saturated heterocycles. The van der Waals surface area contributed by atoms with Crippen LogP contribution in [0.25, 0.3) is 10.9 Å². The van der Waals surface area contributed by atoms with Crippen molar-refractivity contribution >= 4 is 26.8 Å². The lowest BCUT2D eigenvalue weighted by molar-refractivity contribution is -0.104. The van der Waals surface area contributed by atoms with Gasteiger partial charge in [0.25, 0.3) is 0 Å². The Morgan fingerprint density at radius 2 is 2.00 bits per heavy atom. The summed E-state index contributed by atoms with van der Waals surface area (Å²) in [4.78, 5) is 7.61. The highest BCUT2D eigenvalue weighted by Gasteiger charge is 2.57. The van der Waals surface area contributed by atoms with Crippen molar-refractivity contribution < 1.29 is 9.84 Å². The molecule has 2 fully saturated rings. The Labute approximate surface area is 197 Å². The van der Waals surface area contributed by atoms with E-state index in [9.17, 15) is 5.11 Å². The number of ether oxygens (including phenoxy) is 1. The monoisotopic (exact) mass is 492 g/mol. The number of fused-ring (bicyclic) bond motifs is 3. The molecule has 2 atom stereocenters. The van der Waals surface area contributed by atoms with E-state index in [1.54, 1.807) is 7.11 Å². The SMILES string of the molecule is COc1cccc([C@@]23CCN(CC4CC4)C[C@@]2(O)Cc2cc4c(Br)cccc4nc2C3)c1. The van der Waals surface area contributed by atoms with Crippen molar-refractivity contribution in [1.82, 2.24) is 9.88 Å². The molecule has 0 unspecified atom stereocenters. The molecule has 2 heterocycles. The third-order valence-corrected chi connectivity index (χ3v) is 8.68. The molecule has 1 aromatic heterocycles. The summed E-state index contributed by atoms with van der Waals surface area (Å²) >= 11 is 3.69. The number of rotatable bonds is 4. The molecular weight excluding hydrogens is 464 g/mol. The Balaban J connectivity index is 1.49. The second kappa shape index (κ2) is 7.54. The summed E-state index contributed by atoms with van der Waals surface area (Å²) < 4.78 is 6.62. The van der Waals surface area contributed by atoms with Crippen LogP contribution in [0.15, 0.2) is 53.0 Å². The Hall–Kier alpha value is -1.95. The van der Waals surface area contributed by atoms with E-state index in [1.165, 1.54) is 24.0 Å². The minimum absolute atomic E-state index is 0.360. The van der Waals surface area contributed by atoms with E-state index >= 15 is 0 Å². The number of aliphatic hydroxyl groups is 1. The maximum atomic E-state index is 12.4. The van der Waals surface area contributed by atoms with Gasteiger partial charge < -0.3 is 14.7 Å². The highest BCUT2D eigenvalue weighted by atomic mass is 79.9. The molecule has 2 aromatic carbocycles. The lowest BCUT2D eigenvalue weighted by Crippen LogP contribution is -2.66. The normalized spacial score (nSPS) is 27.7. The molecule has 3 aromatic rings. The molecular formula is C27H29BrN2O2. The van der Waals surface area contributed by atoms with E-state index in [2.05, 4.69) is 57.2 Å². The molecule has 1 N–H and O–H groups in total. The standard InChI is InChI=1S/C27H29BrN2O2/c1-32-21-5-2-4-20(13-21)26-10-11-30(16-18-8-9-18)17-27(26,31)14-19-12-22-23(28)6-3-7-24(22)29-25(19)15-26/h2-7,12-13,18,31H,8-11,14-17H2,1H3/t26-,27-/m0/s1. The third kappa shape index (κ3) is 3.28. The molecule has 1 saturated carbocycles. The number of hydrogen-bond donors (Lipinski definition) is 1. The number of likely N-dealkylation sites (tertiary alicyclic amines) is 1. The summed E-state index contributed by atoms with van der Waals surface area (Å²) in [6.07, 6.45) is 4.99. The van der Waals surface area contributed by atoms with Crippen molar-refractivity contribution in [3.8, 4) is 5.75 Å². The van der Waals surface area contributed by atoms with Crippen LogP contribution in [-0.2, 0) is 18.3 Å². The number of pyridine rings is 1. The van der Waals surface area contributed by atoms with Gasteiger partial charge in [0, 0.05) is 46.9 Å². The van der Waals surface area contributed by atoms with Gasteiger partial charge in [0.15, 0.2) is 0 Å². The number of benzene rings is 2. The highest BCUT2D eigenvalue weighted by molar-refractivity contribution is 9.10. The quantitative estimate of drug-likeness (QED) is 0.563. The number of hydrogen-bond acceptors (Lipinski definition) is 4. The van der Waals surface area contributed by atoms with Gasteiger partial charge in [-0.3, -0.25) is 4.98 Å². The van der Waals surface area contributed by atoms with Gasteiger partial charge in [-0.05, 0) is 73.2 Å². The molecule has 32 heavy (non-hydrogen) atoms. The van der Waals surface area contributed by atoms with Crippen LogP contribution in [0.3, 0.4) is 0 Å². The molecule has 6 rings (SSSR count). The second-order valence-electron chi connectivity index (χ2n) is 10.0. The average Bonchev–Trinajstić information content (AvgIpc) is 3.60. The number of aromatic nitrogens is 1. The fraction of sp³-hybridized carbons (Fsp3) is 0.444. The van der Waals surface area contributed by atoms with Crippen molar-refractivity contribution in [3.05, 3.63) is 69.8 Å². The van der Waals surface area contributed by atoms with Crippen LogP contribution in [0.5, 0.6) is 5.75 Å². The minimum Gasteiger partial charge on any atom is -0.497 e. The molecule has 0 amide bonds. The molecule has 0 radical (unpaired) electrons. The van der Waals surface area contributed by atoms with Crippen LogP contribution in [0.2, 0.25) is 0 Å². The van der Waals surface area contributed by atoms with E-state index in [1.807, 2.05) is 12.1 Å². The van der Waals surface area contributed by atoms with Crippen LogP contribution >= 0.6 is 15.9 Å². The molecule has 0 spiro atoms. The highest BCUT2D eigenvalue weighted by Crippen LogP contribution is 2.51. The first kappa shape index (κ1) is 20.6. The lowest BCUT2D eigenvalue weighted by Gasteiger charge is -2.56. The van der Waals surface area contributed by atoms with E-state index in [0.29, 0.717) is 13.0 Å². The zero-order chi connectivity index (χ0) is 21.9. The minimum atomic E-state index is -0.837. The molecule has 3 aliphatic rings. The summed E-state index contributed by atoms with van der Waals surface area (Å²) in [5, 5.41) is 13.5. The fourth-order valence-electron chi connectivity index (χ4n) is 6.06. The lowest BCUT2D eigenvalue weighted by atomic mass is 9.56. The smallest absolute Gasteiger partial charge is 0.119 e. The maximum absolute atomic E-state index is 12.4. The van der Waals surface area contributed by atoms with Crippen molar-refractivity contribution in [1.29, 1.82) is 0 Å². The number of methoxy groups -OCH3 is 1. The molecule has 1 aliphatic heterocycles. The van der Waals surface area contributed by atoms with Crippen LogP contribution in [-0.4, -0.2) is 47.3 Å². The topological polar surface area (TPSA) is 45.6 Å². The summed E-state index contributed by atoms with van der Waals surface area (Å²) in [6, 6.07) is 16.8. The van der Waals surface area contributed by atoms with Gasteiger partial charge in [-0.2, -0.15) is 0 Å². The van der Waals surface area contributed by atoms with Gasteiger partial charge in [-0.15, -0.1) is 0 Å². The van der Waals surface area contributed by atoms with Crippen LogP contribution in [0.1, 0.15) is 36.1 Å². The van der Waals surface area contributed by atoms with E-state index in [0.717, 1.165) is 58.7 Å². The zero-order valence-corrected chi connectivity index (χ0v) is 20.1.